The van der Waals surface area contributed by atoms with E-state index in [1.54, 1.807) is 20.8 Å². The molecule has 0 amide bonds. The Morgan fingerprint density at radius 1 is 1.06 bits per heavy atom. The molecule has 0 aromatic heterocycles. The molecule has 0 bridgehead atoms. The van der Waals surface area contributed by atoms with Crippen LogP contribution in [0.4, 0.5) is 0 Å². The number of carboxylic acid groups (broad SMARTS) is 2. The Labute approximate surface area is 103 Å². The maximum Gasteiger partial charge on any atom is 0.310 e. The molecule has 0 spiro atoms. The summed E-state index contributed by atoms with van der Waals surface area (Å²) >= 11 is 0. The number of aliphatic carboxylic acids is 2. The molecule has 0 aliphatic rings. The first-order valence-corrected chi connectivity index (χ1v) is 6.14. The fraction of sp³-hybridized carbons (Fsp3) is 0.846. The highest BCUT2D eigenvalue weighted by atomic mass is 16.4. The van der Waals surface area contributed by atoms with E-state index in [1.807, 2.05) is 13.8 Å². The van der Waals surface area contributed by atoms with E-state index >= 15 is 0 Å². The van der Waals surface area contributed by atoms with Gasteiger partial charge in [-0.05, 0) is 32.1 Å². The first-order valence-electron chi connectivity index (χ1n) is 6.14. The Kier molecular flexibility index (Phi) is 5.17. The lowest BCUT2D eigenvalue weighted by atomic mass is 9.58. The maximum absolute atomic E-state index is 11.6. The molecule has 0 saturated heterocycles. The monoisotopic (exact) mass is 244 g/mol. The van der Waals surface area contributed by atoms with E-state index < -0.39 is 22.8 Å². The third-order valence-corrected chi connectivity index (χ3v) is 4.00. The zero-order valence-corrected chi connectivity index (χ0v) is 11.4. The van der Waals surface area contributed by atoms with Crippen LogP contribution in [0.5, 0.6) is 0 Å². The van der Waals surface area contributed by atoms with Crippen LogP contribution < -0.4 is 0 Å². The molecule has 0 aromatic rings. The van der Waals surface area contributed by atoms with E-state index in [0.717, 1.165) is 0 Å². The molecule has 4 nitrogen and oxygen atoms in total. The first-order chi connectivity index (χ1) is 7.67. The quantitative estimate of drug-likeness (QED) is 0.722. The summed E-state index contributed by atoms with van der Waals surface area (Å²) in [6.07, 6.45) is 1.03. The van der Waals surface area contributed by atoms with Crippen molar-refractivity contribution in [2.24, 2.45) is 16.7 Å². The highest BCUT2D eigenvalue weighted by molar-refractivity contribution is 5.86. The Hall–Kier alpha value is -1.06. The molecule has 0 saturated carbocycles. The summed E-state index contributed by atoms with van der Waals surface area (Å²) in [5.74, 6) is -1.87. The molecule has 2 N–H and O–H groups in total. The number of hydrogen-bond acceptors (Lipinski definition) is 2. The number of carboxylic acids is 2. The molecule has 0 aliphatic carbocycles. The van der Waals surface area contributed by atoms with Crippen molar-refractivity contribution in [1.82, 2.24) is 0 Å². The van der Waals surface area contributed by atoms with Gasteiger partial charge in [-0.2, -0.15) is 0 Å². The van der Waals surface area contributed by atoms with E-state index in [-0.39, 0.29) is 5.92 Å². The summed E-state index contributed by atoms with van der Waals surface area (Å²) in [6, 6.07) is 0. The van der Waals surface area contributed by atoms with Crippen molar-refractivity contribution in [1.29, 1.82) is 0 Å². The van der Waals surface area contributed by atoms with Gasteiger partial charge in [0.2, 0.25) is 0 Å². The molecule has 0 heterocycles. The van der Waals surface area contributed by atoms with Gasteiger partial charge < -0.3 is 10.2 Å². The van der Waals surface area contributed by atoms with Crippen molar-refractivity contribution in [3.63, 3.8) is 0 Å². The second kappa shape index (κ2) is 5.52. The third-order valence-electron chi connectivity index (χ3n) is 4.00. The summed E-state index contributed by atoms with van der Waals surface area (Å²) < 4.78 is 0. The Morgan fingerprint density at radius 2 is 1.53 bits per heavy atom. The molecule has 2 atom stereocenters. The standard InChI is InChI=1S/C13H24O4/c1-6-12(5,10(14)15)13(7-2,11(16)17)8-9(3)4/h9H,6-8H2,1-5H3,(H,14,15)(H,16,17). The molecular weight excluding hydrogens is 220 g/mol. The maximum atomic E-state index is 11.6. The van der Waals surface area contributed by atoms with Gasteiger partial charge in [0.25, 0.3) is 0 Å². The van der Waals surface area contributed by atoms with Gasteiger partial charge in [-0.15, -0.1) is 0 Å². The van der Waals surface area contributed by atoms with E-state index in [1.165, 1.54) is 0 Å². The molecule has 0 aromatic carbocycles. The van der Waals surface area contributed by atoms with Crippen LogP contribution in [0.15, 0.2) is 0 Å². The van der Waals surface area contributed by atoms with E-state index in [4.69, 9.17) is 0 Å². The fourth-order valence-corrected chi connectivity index (χ4v) is 2.63. The molecule has 17 heavy (non-hydrogen) atoms. The predicted octanol–water partition coefficient (Wildman–Crippen LogP) is 3.01. The van der Waals surface area contributed by atoms with Crippen molar-refractivity contribution >= 4 is 11.9 Å². The topological polar surface area (TPSA) is 74.6 Å². The smallest absolute Gasteiger partial charge is 0.310 e. The van der Waals surface area contributed by atoms with Crippen molar-refractivity contribution in [2.45, 2.75) is 53.9 Å². The van der Waals surface area contributed by atoms with Crippen LogP contribution in [-0.4, -0.2) is 22.2 Å². The fourth-order valence-electron chi connectivity index (χ4n) is 2.63. The molecule has 0 fully saturated rings. The van der Waals surface area contributed by atoms with Gasteiger partial charge in [0, 0.05) is 0 Å². The zero-order valence-electron chi connectivity index (χ0n) is 11.4. The van der Waals surface area contributed by atoms with Crippen LogP contribution in [0.25, 0.3) is 0 Å². The SMILES string of the molecule is CCC(C)(C(=O)O)C(CC)(CC(C)C)C(=O)O. The molecule has 0 radical (unpaired) electrons. The van der Waals surface area contributed by atoms with Gasteiger partial charge in [0.1, 0.15) is 0 Å². The van der Waals surface area contributed by atoms with Gasteiger partial charge in [-0.3, -0.25) is 9.59 Å². The lowest BCUT2D eigenvalue weighted by molar-refractivity contribution is -0.175. The zero-order chi connectivity index (χ0) is 13.9. The highest BCUT2D eigenvalue weighted by Gasteiger charge is 2.56. The van der Waals surface area contributed by atoms with E-state index in [9.17, 15) is 19.8 Å². The van der Waals surface area contributed by atoms with Crippen LogP contribution in [0.2, 0.25) is 0 Å². The van der Waals surface area contributed by atoms with Crippen LogP contribution in [0.3, 0.4) is 0 Å². The van der Waals surface area contributed by atoms with Crippen LogP contribution >= 0.6 is 0 Å². The normalized spacial score (nSPS) is 18.5. The number of hydrogen-bond donors (Lipinski definition) is 2. The molecular formula is C13H24O4. The van der Waals surface area contributed by atoms with Crippen LogP contribution in [0, 0.1) is 16.7 Å². The Balaban J connectivity index is 5.72. The van der Waals surface area contributed by atoms with E-state index in [0.29, 0.717) is 19.3 Å². The van der Waals surface area contributed by atoms with Gasteiger partial charge in [0.15, 0.2) is 0 Å². The highest BCUT2D eigenvalue weighted by Crippen LogP contribution is 2.49. The van der Waals surface area contributed by atoms with E-state index in [2.05, 4.69) is 0 Å². The minimum Gasteiger partial charge on any atom is -0.481 e. The molecule has 100 valence electrons. The summed E-state index contributed by atoms with van der Waals surface area (Å²) in [7, 11) is 0. The summed E-state index contributed by atoms with van der Waals surface area (Å²) in [5, 5.41) is 18.9. The Bertz CT molecular complexity index is 298. The minimum atomic E-state index is -1.22. The molecule has 0 aliphatic heterocycles. The van der Waals surface area contributed by atoms with Gasteiger partial charge in [0.05, 0.1) is 10.8 Å². The number of carbonyl (C=O) groups is 2. The average molecular weight is 244 g/mol. The second-order valence-corrected chi connectivity index (χ2v) is 5.33. The Morgan fingerprint density at radius 3 is 1.71 bits per heavy atom. The summed E-state index contributed by atoms with van der Waals surface area (Å²) in [6.45, 7) is 8.89. The lowest BCUT2D eigenvalue weighted by Gasteiger charge is -2.43. The minimum absolute atomic E-state index is 0.149. The van der Waals surface area contributed by atoms with Crippen molar-refractivity contribution < 1.29 is 19.8 Å². The van der Waals surface area contributed by atoms with Crippen LogP contribution in [0.1, 0.15) is 53.9 Å². The first kappa shape index (κ1) is 15.9. The molecule has 0 rings (SSSR count). The lowest BCUT2D eigenvalue weighted by Crippen LogP contribution is -2.51. The second-order valence-electron chi connectivity index (χ2n) is 5.33. The van der Waals surface area contributed by atoms with Crippen molar-refractivity contribution in [3.8, 4) is 0 Å². The molecule has 4 heteroatoms. The summed E-state index contributed by atoms with van der Waals surface area (Å²) in [5.41, 5.74) is -2.42. The third kappa shape index (κ3) is 2.61. The van der Waals surface area contributed by atoms with Gasteiger partial charge in [-0.1, -0.05) is 27.7 Å². The predicted molar refractivity (Wildman–Crippen MR) is 65.8 cm³/mol. The van der Waals surface area contributed by atoms with Crippen LogP contribution in [-0.2, 0) is 9.59 Å². The van der Waals surface area contributed by atoms with Crippen molar-refractivity contribution in [2.75, 3.05) is 0 Å². The largest absolute Gasteiger partial charge is 0.481 e. The average Bonchev–Trinajstić information content (AvgIpc) is 2.23. The molecule has 2 unspecified atom stereocenters. The van der Waals surface area contributed by atoms with Crippen molar-refractivity contribution in [3.05, 3.63) is 0 Å². The number of rotatable bonds is 7. The summed E-state index contributed by atoms with van der Waals surface area (Å²) in [4.78, 5) is 23.1. The van der Waals surface area contributed by atoms with Gasteiger partial charge in [-0.25, -0.2) is 0 Å². The van der Waals surface area contributed by atoms with Gasteiger partial charge >= 0.3 is 11.9 Å².